The van der Waals surface area contributed by atoms with Crippen molar-refractivity contribution in [3.8, 4) is 0 Å². The van der Waals surface area contributed by atoms with Gasteiger partial charge in [0.25, 0.3) is 5.91 Å². The number of nitrogens with one attached hydrogen (secondary N) is 1. The molecule has 1 aromatic carbocycles. The highest BCUT2D eigenvalue weighted by atomic mass is 79.9. The molecule has 1 aliphatic heterocycles. The Hall–Kier alpha value is -0.920. The van der Waals surface area contributed by atoms with Crippen LogP contribution in [-0.2, 0) is 10.0 Å². The van der Waals surface area contributed by atoms with Crippen LogP contribution in [0.2, 0.25) is 0 Å². The van der Waals surface area contributed by atoms with E-state index in [0.717, 1.165) is 12.8 Å². The molecule has 7 heteroatoms. The van der Waals surface area contributed by atoms with Crippen molar-refractivity contribution in [2.45, 2.75) is 31.6 Å². The van der Waals surface area contributed by atoms with Crippen LogP contribution >= 0.6 is 15.9 Å². The summed E-state index contributed by atoms with van der Waals surface area (Å²) in [6.07, 6.45) is 1.77. The minimum absolute atomic E-state index is 0.173. The maximum atomic E-state index is 12.6. The number of carbonyl (C=O) groups is 1. The topological polar surface area (TPSA) is 66.5 Å². The van der Waals surface area contributed by atoms with E-state index >= 15 is 0 Å². The van der Waals surface area contributed by atoms with Gasteiger partial charge in [0.15, 0.2) is 0 Å². The van der Waals surface area contributed by atoms with Crippen LogP contribution in [0.4, 0.5) is 0 Å². The van der Waals surface area contributed by atoms with Crippen molar-refractivity contribution < 1.29 is 13.2 Å². The highest BCUT2D eigenvalue weighted by Crippen LogP contribution is 2.25. The molecule has 1 aliphatic rings. The van der Waals surface area contributed by atoms with E-state index in [1.54, 1.807) is 6.07 Å². The van der Waals surface area contributed by atoms with Crippen molar-refractivity contribution in [1.29, 1.82) is 0 Å². The molecule has 5 nitrogen and oxygen atoms in total. The van der Waals surface area contributed by atoms with Crippen LogP contribution in [0.3, 0.4) is 0 Å². The van der Waals surface area contributed by atoms with Gasteiger partial charge in [-0.3, -0.25) is 4.79 Å². The van der Waals surface area contributed by atoms with Crippen molar-refractivity contribution >= 4 is 31.9 Å². The summed E-state index contributed by atoms with van der Waals surface area (Å²) in [5.74, 6) is 0.0679. The van der Waals surface area contributed by atoms with E-state index in [-0.39, 0.29) is 10.8 Å². The molecule has 1 heterocycles. The Bertz CT molecular complexity index is 653. The molecule has 0 spiro atoms. The normalized spacial score (nSPS) is 16.2. The van der Waals surface area contributed by atoms with Gasteiger partial charge in [-0.05, 0) is 52.9 Å². The standard InChI is InChI=1S/C15H21BrN2O3S/c1-11(2)10-17-15(19)13-9-12(5-6-14(13)16)22(20,21)18-7-3-4-8-18/h5-6,9,11H,3-4,7-8,10H2,1-2H3,(H,17,19). The first kappa shape index (κ1) is 17.4. The Kier molecular flexibility index (Phi) is 5.63. The lowest BCUT2D eigenvalue weighted by molar-refractivity contribution is 0.0948. The van der Waals surface area contributed by atoms with Gasteiger partial charge in [0, 0.05) is 24.1 Å². The molecule has 0 bridgehead atoms. The lowest BCUT2D eigenvalue weighted by Crippen LogP contribution is -2.29. The largest absolute Gasteiger partial charge is 0.352 e. The molecular formula is C15H21BrN2O3S. The van der Waals surface area contributed by atoms with E-state index in [0.29, 0.717) is 35.6 Å². The summed E-state index contributed by atoms with van der Waals surface area (Å²) in [6, 6.07) is 4.61. The summed E-state index contributed by atoms with van der Waals surface area (Å²) >= 11 is 3.32. The third-order valence-electron chi connectivity index (χ3n) is 3.56. The maximum Gasteiger partial charge on any atom is 0.252 e. The zero-order valence-electron chi connectivity index (χ0n) is 12.8. The summed E-state index contributed by atoms with van der Waals surface area (Å²) in [6.45, 7) is 5.65. The van der Waals surface area contributed by atoms with Gasteiger partial charge in [0.2, 0.25) is 10.0 Å². The Balaban J connectivity index is 2.28. The minimum Gasteiger partial charge on any atom is -0.352 e. The Morgan fingerprint density at radius 2 is 1.95 bits per heavy atom. The highest BCUT2D eigenvalue weighted by Gasteiger charge is 2.28. The van der Waals surface area contributed by atoms with Gasteiger partial charge >= 0.3 is 0 Å². The minimum atomic E-state index is -3.51. The fraction of sp³-hybridized carbons (Fsp3) is 0.533. The van der Waals surface area contributed by atoms with E-state index in [2.05, 4.69) is 21.2 Å². The number of nitrogens with zero attached hydrogens (tertiary/aromatic N) is 1. The third kappa shape index (κ3) is 3.88. The molecule has 0 radical (unpaired) electrons. The van der Waals surface area contributed by atoms with E-state index in [4.69, 9.17) is 0 Å². The summed E-state index contributed by atoms with van der Waals surface area (Å²) in [4.78, 5) is 12.4. The molecule has 0 unspecified atom stereocenters. The second kappa shape index (κ2) is 7.10. The van der Waals surface area contributed by atoms with E-state index in [9.17, 15) is 13.2 Å². The molecule has 1 amide bonds. The molecule has 2 rings (SSSR count). The average molecular weight is 389 g/mol. The van der Waals surface area contributed by atoms with Crippen molar-refractivity contribution in [2.75, 3.05) is 19.6 Å². The van der Waals surface area contributed by atoms with Crippen LogP contribution in [0.1, 0.15) is 37.0 Å². The van der Waals surface area contributed by atoms with Crippen LogP contribution in [0, 0.1) is 5.92 Å². The average Bonchev–Trinajstić information content (AvgIpc) is 2.99. The Labute approximate surface area is 140 Å². The maximum absolute atomic E-state index is 12.6. The number of hydrogen-bond donors (Lipinski definition) is 1. The van der Waals surface area contributed by atoms with Gasteiger partial charge in [-0.25, -0.2) is 8.42 Å². The number of sulfonamides is 1. The smallest absolute Gasteiger partial charge is 0.252 e. The SMILES string of the molecule is CC(C)CNC(=O)c1cc(S(=O)(=O)N2CCCC2)ccc1Br. The number of halogens is 1. The fourth-order valence-corrected chi connectivity index (χ4v) is 4.28. The molecule has 1 aromatic rings. The van der Waals surface area contributed by atoms with Gasteiger partial charge in [-0.15, -0.1) is 0 Å². The van der Waals surface area contributed by atoms with Crippen molar-refractivity contribution in [1.82, 2.24) is 9.62 Å². The number of benzene rings is 1. The van der Waals surface area contributed by atoms with Crippen LogP contribution in [0.15, 0.2) is 27.6 Å². The van der Waals surface area contributed by atoms with Gasteiger partial charge in [-0.2, -0.15) is 4.31 Å². The van der Waals surface area contributed by atoms with E-state index in [1.807, 2.05) is 13.8 Å². The first-order valence-corrected chi connectivity index (χ1v) is 9.63. The molecule has 0 aliphatic carbocycles. The molecule has 1 saturated heterocycles. The fourth-order valence-electron chi connectivity index (χ4n) is 2.31. The Morgan fingerprint density at radius 1 is 1.32 bits per heavy atom. The number of hydrogen-bond acceptors (Lipinski definition) is 3. The van der Waals surface area contributed by atoms with Crippen molar-refractivity contribution in [3.05, 3.63) is 28.2 Å². The molecule has 1 N–H and O–H groups in total. The van der Waals surface area contributed by atoms with Crippen LogP contribution in [0.5, 0.6) is 0 Å². The van der Waals surface area contributed by atoms with Gasteiger partial charge in [0.05, 0.1) is 10.5 Å². The Morgan fingerprint density at radius 3 is 2.55 bits per heavy atom. The monoisotopic (exact) mass is 388 g/mol. The summed E-state index contributed by atoms with van der Waals surface area (Å²) in [5.41, 5.74) is 0.348. The molecule has 122 valence electrons. The molecule has 0 atom stereocenters. The second-order valence-corrected chi connectivity index (χ2v) is 8.65. The molecular weight excluding hydrogens is 368 g/mol. The van der Waals surface area contributed by atoms with Crippen molar-refractivity contribution in [2.24, 2.45) is 5.92 Å². The predicted molar refractivity (Wildman–Crippen MR) is 89.3 cm³/mol. The lowest BCUT2D eigenvalue weighted by Gasteiger charge is -2.16. The summed E-state index contributed by atoms with van der Waals surface area (Å²) < 4.78 is 27.2. The summed E-state index contributed by atoms with van der Waals surface area (Å²) in [7, 11) is -3.51. The van der Waals surface area contributed by atoms with Crippen LogP contribution in [-0.4, -0.2) is 38.3 Å². The van der Waals surface area contributed by atoms with E-state index < -0.39 is 10.0 Å². The third-order valence-corrected chi connectivity index (χ3v) is 6.14. The molecule has 0 aromatic heterocycles. The zero-order chi connectivity index (χ0) is 16.3. The van der Waals surface area contributed by atoms with Crippen molar-refractivity contribution in [3.63, 3.8) is 0 Å². The zero-order valence-corrected chi connectivity index (χ0v) is 15.2. The van der Waals surface area contributed by atoms with Crippen LogP contribution < -0.4 is 5.32 Å². The number of amides is 1. The highest BCUT2D eigenvalue weighted by molar-refractivity contribution is 9.10. The number of carbonyl (C=O) groups excluding carboxylic acids is 1. The predicted octanol–water partition coefficient (Wildman–Crippen LogP) is 2.62. The lowest BCUT2D eigenvalue weighted by atomic mass is 10.2. The van der Waals surface area contributed by atoms with Gasteiger partial charge in [-0.1, -0.05) is 13.8 Å². The van der Waals surface area contributed by atoms with E-state index in [1.165, 1.54) is 16.4 Å². The van der Waals surface area contributed by atoms with Crippen LogP contribution in [0.25, 0.3) is 0 Å². The first-order valence-electron chi connectivity index (χ1n) is 7.40. The second-order valence-electron chi connectivity index (χ2n) is 5.86. The quantitative estimate of drug-likeness (QED) is 0.842. The molecule has 0 saturated carbocycles. The molecule has 22 heavy (non-hydrogen) atoms. The molecule has 1 fully saturated rings. The van der Waals surface area contributed by atoms with Gasteiger partial charge in [0.1, 0.15) is 0 Å². The summed E-state index contributed by atoms with van der Waals surface area (Å²) in [5, 5.41) is 2.81. The van der Waals surface area contributed by atoms with Gasteiger partial charge < -0.3 is 5.32 Å². The first-order chi connectivity index (χ1) is 10.3. The number of rotatable bonds is 5.